The average molecular weight is 219 g/mol. The third-order valence-corrected chi connectivity index (χ3v) is 3.93. The van der Waals surface area contributed by atoms with Crippen molar-refractivity contribution >= 4 is 21.5 Å². The minimum atomic E-state index is -3.16. The molecule has 0 aromatic heterocycles. The first-order valence-corrected chi connectivity index (χ1v) is 6.14. The van der Waals surface area contributed by atoms with E-state index < -0.39 is 15.9 Å². The number of sulfone groups is 1. The van der Waals surface area contributed by atoms with E-state index in [1.807, 2.05) is 0 Å². The van der Waals surface area contributed by atoms with Gasteiger partial charge in [0, 0.05) is 13.5 Å². The van der Waals surface area contributed by atoms with Gasteiger partial charge >= 0.3 is 0 Å². The number of hydrogen-bond acceptors (Lipinski definition) is 4. The maximum absolute atomic E-state index is 11.2. The molecule has 1 amide bonds. The van der Waals surface area contributed by atoms with Crippen LogP contribution >= 0.6 is 0 Å². The summed E-state index contributed by atoms with van der Waals surface area (Å²) in [4.78, 5) is 23.6. The molecule has 1 rings (SSSR count). The summed E-state index contributed by atoms with van der Waals surface area (Å²) in [6, 6.07) is -0.786. The smallest absolute Gasteiger partial charge is 0.220 e. The minimum Gasteiger partial charge on any atom is -0.331 e. The van der Waals surface area contributed by atoms with Gasteiger partial charge in [-0.05, 0) is 6.92 Å². The van der Waals surface area contributed by atoms with Gasteiger partial charge in [0.05, 0.1) is 11.5 Å². The zero-order chi connectivity index (χ0) is 10.9. The van der Waals surface area contributed by atoms with Crippen molar-refractivity contribution in [3.8, 4) is 0 Å². The van der Waals surface area contributed by atoms with Crippen molar-refractivity contribution in [1.82, 2.24) is 4.90 Å². The van der Waals surface area contributed by atoms with Crippen LogP contribution in [0.5, 0.6) is 0 Å². The number of nitrogens with zero attached hydrogens (tertiary/aromatic N) is 1. The zero-order valence-corrected chi connectivity index (χ0v) is 9.00. The number of rotatable bonds is 1. The van der Waals surface area contributed by atoms with Crippen molar-refractivity contribution in [1.29, 1.82) is 0 Å². The highest BCUT2D eigenvalue weighted by atomic mass is 32.2. The first-order chi connectivity index (χ1) is 6.33. The van der Waals surface area contributed by atoms with Crippen LogP contribution in [0.3, 0.4) is 0 Å². The van der Waals surface area contributed by atoms with Crippen LogP contribution in [0.1, 0.15) is 13.8 Å². The number of ketones is 1. The summed E-state index contributed by atoms with van der Waals surface area (Å²) in [5.74, 6) is -0.804. The van der Waals surface area contributed by atoms with Crippen LogP contribution in [0.25, 0.3) is 0 Å². The molecule has 0 bridgehead atoms. The van der Waals surface area contributed by atoms with Crippen molar-refractivity contribution in [2.45, 2.75) is 19.9 Å². The van der Waals surface area contributed by atoms with Gasteiger partial charge in [0.25, 0.3) is 0 Å². The Morgan fingerprint density at radius 1 is 1.29 bits per heavy atom. The molecule has 14 heavy (non-hydrogen) atoms. The van der Waals surface area contributed by atoms with Gasteiger partial charge in [-0.1, -0.05) is 0 Å². The highest BCUT2D eigenvalue weighted by Gasteiger charge is 2.35. The van der Waals surface area contributed by atoms with E-state index >= 15 is 0 Å². The molecular weight excluding hydrogens is 206 g/mol. The second kappa shape index (κ2) is 3.68. The fraction of sp³-hybridized carbons (Fsp3) is 0.750. The van der Waals surface area contributed by atoms with E-state index in [1.165, 1.54) is 18.7 Å². The molecule has 1 aliphatic rings. The monoisotopic (exact) mass is 219 g/mol. The fourth-order valence-corrected chi connectivity index (χ4v) is 3.06. The van der Waals surface area contributed by atoms with E-state index in [-0.39, 0.29) is 29.7 Å². The van der Waals surface area contributed by atoms with Gasteiger partial charge in [-0.15, -0.1) is 0 Å². The highest BCUT2D eigenvalue weighted by Crippen LogP contribution is 2.12. The predicted octanol–water partition coefficient (Wildman–Crippen LogP) is -0.779. The molecule has 0 unspecified atom stereocenters. The third-order valence-electron chi connectivity index (χ3n) is 2.30. The van der Waals surface area contributed by atoms with Crippen LogP contribution in [0, 0.1) is 0 Å². The number of amides is 1. The molecule has 0 aliphatic carbocycles. The highest BCUT2D eigenvalue weighted by molar-refractivity contribution is 7.91. The standard InChI is InChI=1S/C8H13NO4S/c1-6(10)8-5-14(12,13)4-3-9(8)7(2)11/h8H,3-5H2,1-2H3/t8-/m0/s1. The minimum absolute atomic E-state index is 0.0453. The Labute approximate surface area is 83.0 Å². The Bertz CT molecular complexity index is 360. The van der Waals surface area contributed by atoms with Crippen molar-refractivity contribution in [3.63, 3.8) is 0 Å². The van der Waals surface area contributed by atoms with Crippen molar-refractivity contribution in [3.05, 3.63) is 0 Å². The first kappa shape index (κ1) is 11.2. The molecule has 6 heteroatoms. The number of carbonyl (C=O) groups is 2. The van der Waals surface area contributed by atoms with Gasteiger partial charge in [0.2, 0.25) is 5.91 Å². The molecule has 1 atom stereocenters. The van der Waals surface area contributed by atoms with Gasteiger partial charge in [0.1, 0.15) is 6.04 Å². The molecule has 5 nitrogen and oxygen atoms in total. The quantitative estimate of drug-likeness (QED) is 0.580. The maximum atomic E-state index is 11.2. The van der Waals surface area contributed by atoms with Crippen molar-refractivity contribution in [2.24, 2.45) is 0 Å². The molecule has 80 valence electrons. The van der Waals surface area contributed by atoms with Gasteiger partial charge in [-0.25, -0.2) is 8.42 Å². The summed E-state index contributed by atoms with van der Waals surface area (Å²) in [6.45, 7) is 2.78. The summed E-state index contributed by atoms with van der Waals surface area (Å²) < 4.78 is 22.5. The molecule has 0 saturated carbocycles. The topological polar surface area (TPSA) is 71.5 Å². The molecular formula is C8H13NO4S. The van der Waals surface area contributed by atoms with E-state index in [4.69, 9.17) is 0 Å². The second-order valence-corrected chi connectivity index (χ2v) is 5.68. The largest absolute Gasteiger partial charge is 0.331 e. The lowest BCUT2D eigenvalue weighted by molar-refractivity contribution is -0.136. The van der Waals surface area contributed by atoms with E-state index in [1.54, 1.807) is 0 Å². The van der Waals surface area contributed by atoms with Crippen LogP contribution in [0.4, 0.5) is 0 Å². The lowest BCUT2D eigenvalue weighted by Gasteiger charge is -2.32. The number of carbonyl (C=O) groups excluding carboxylic acids is 2. The summed E-state index contributed by atoms with van der Waals surface area (Å²) >= 11 is 0. The van der Waals surface area contributed by atoms with Crippen molar-refractivity contribution < 1.29 is 18.0 Å². The molecule has 0 aromatic rings. The van der Waals surface area contributed by atoms with Crippen LogP contribution in [0.15, 0.2) is 0 Å². The van der Waals surface area contributed by atoms with Crippen LogP contribution in [-0.2, 0) is 19.4 Å². The summed E-state index contributed by atoms with van der Waals surface area (Å²) in [5.41, 5.74) is 0. The van der Waals surface area contributed by atoms with Gasteiger partial charge < -0.3 is 4.90 Å². The van der Waals surface area contributed by atoms with E-state index in [0.29, 0.717) is 0 Å². The van der Waals surface area contributed by atoms with Crippen molar-refractivity contribution in [2.75, 3.05) is 18.1 Å². The molecule has 0 radical (unpaired) electrons. The molecule has 1 aliphatic heterocycles. The lowest BCUT2D eigenvalue weighted by Crippen LogP contribution is -2.53. The SMILES string of the molecule is CC(=O)[C@@H]1CS(=O)(=O)CCN1C(C)=O. The Morgan fingerprint density at radius 3 is 2.29 bits per heavy atom. The molecule has 0 spiro atoms. The van der Waals surface area contributed by atoms with E-state index in [2.05, 4.69) is 0 Å². The zero-order valence-electron chi connectivity index (χ0n) is 8.19. The molecule has 1 heterocycles. The van der Waals surface area contributed by atoms with Gasteiger partial charge in [-0.3, -0.25) is 9.59 Å². The maximum Gasteiger partial charge on any atom is 0.220 e. The molecule has 1 saturated heterocycles. The molecule has 1 fully saturated rings. The Balaban J connectivity index is 2.92. The van der Waals surface area contributed by atoms with Gasteiger partial charge in [-0.2, -0.15) is 0 Å². The second-order valence-electron chi connectivity index (χ2n) is 3.45. The Hall–Kier alpha value is -0.910. The number of hydrogen-bond donors (Lipinski definition) is 0. The third kappa shape index (κ3) is 2.31. The van der Waals surface area contributed by atoms with Crippen LogP contribution < -0.4 is 0 Å². The summed E-state index contributed by atoms with van der Waals surface area (Å²) in [6.07, 6.45) is 0. The van der Waals surface area contributed by atoms with Gasteiger partial charge in [0.15, 0.2) is 15.6 Å². The molecule has 0 N–H and O–H groups in total. The van der Waals surface area contributed by atoms with E-state index in [9.17, 15) is 18.0 Å². The number of Topliss-reactive ketones (excluding diaryl/α,β-unsaturated/α-hetero) is 1. The Kier molecular flexibility index (Phi) is 2.94. The van der Waals surface area contributed by atoms with E-state index in [0.717, 1.165) is 0 Å². The lowest BCUT2D eigenvalue weighted by atomic mass is 10.2. The fourth-order valence-electron chi connectivity index (χ4n) is 1.52. The first-order valence-electron chi connectivity index (χ1n) is 4.31. The summed E-state index contributed by atoms with van der Waals surface area (Å²) in [5, 5.41) is 0. The van der Waals surface area contributed by atoms with Crippen LogP contribution in [0.2, 0.25) is 0 Å². The Morgan fingerprint density at radius 2 is 1.86 bits per heavy atom. The van der Waals surface area contributed by atoms with Crippen LogP contribution in [-0.4, -0.2) is 49.1 Å². The average Bonchev–Trinajstić information content (AvgIpc) is 2.01. The summed E-state index contributed by atoms with van der Waals surface area (Å²) in [7, 11) is -3.16. The normalized spacial score (nSPS) is 25.9. The predicted molar refractivity (Wildman–Crippen MR) is 50.5 cm³/mol. The molecule has 0 aromatic carbocycles.